The van der Waals surface area contributed by atoms with Crippen LogP contribution < -0.4 is 11.1 Å². The van der Waals surface area contributed by atoms with Gasteiger partial charge in [0.25, 0.3) is 5.91 Å². The predicted molar refractivity (Wildman–Crippen MR) is 71.3 cm³/mol. The molecule has 2 rings (SSSR count). The lowest BCUT2D eigenvalue weighted by molar-refractivity contribution is 0.0874. The Bertz CT molecular complexity index is 458. The second-order valence-corrected chi connectivity index (χ2v) is 5.55. The lowest BCUT2D eigenvalue weighted by Gasteiger charge is -2.34. The summed E-state index contributed by atoms with van der Waals surface area (Å²) in [5, 5.41) is 7.31. The number of nitrogens with two attached hydrogens (primary N) is 1. The van der Waals surface area contributed by atoms with Crippen molar-refractivity contribution in [2.24, 2.45) is 7.05 Å². The summed E-state index contributed by atoms with van der Waals surface area (Å²) in [5.41, 5.74) is 7.47. The van der Waals surface area contributed by atoms with E-state index in [0.29, 0.717) is 17.1 Å². The average Bonchev–Trinajstić information content (AvgIpc) is 2.53. The molecule has 1 aliphatic carbocycles. The molecule has 1 aliphatic rings. The van der Waals surface area contributed by atoms with E-state index < -0.39 is 0 Å². The number of aromatic nitrogens is 2. The molecule has 0 radical (unpaired) electrons. The highest BCUT2D eigenvalue weighted by Gasteiger charge is 2.30. The van der Waals surface area contributed by atoms with Crippen LogP contribution in [-0.2, 0) is 7.05 Å². The summed E-state index contributed by atoms with van der Waals surface area (Å²) in [6.07, 6.45) is 5.69. The summed E-state index contributed by atoms with van der Waals surface area (Å²) in [5.74, 6) is -0.111. The Kier molecular flexibility index (Phi) is 3.32. The average molecular weight is 250 g/mol. The molecule has 1 aromatic heterocycles. The van der Waals surface area contributed by atoms with Crippen LogP contribution in [0, 0.1) is 6.92 Å². The smallest absolute Gasteiger partial charge is 0.272 e. The molecule has 0 unspecified atom stereocenters. The summed E-state index contributed by atoms with van der Waals surface area (Å²) in [6.45, 7) is 3.93. The molecule has 0 aromatic carbocycles. The van der Waals surface area contributed by atoms with Crippen LogP contribution in [-0.4, -0.2) is 21.2 Å². The zero-order valence-electron chi connectivity index (χ0n) is 11.4. The van der Waals surface area contributed by atoms with Crippen molar-refractivity contribution in [3.05, 3.63) is 11.4 Å². The molecule has 3 N–H and O–H groups in total. The first-order valence-corrected chi connectivity index (χ1v) is 6.54. The van der Waals surface area contributed by atoms with Crippen LogP contribution in [0.1, 0.15) is 55.2 Å². The van der Waals surface area contributed by atoms with Gasteiger partial charge in [0.2, 0.25) is 0 Å². The van der Waals surface area contributed by atoms with E-state index in [2.05, 4.69) is 17.3 Å². The molecule has 1 fully saturated rings. The second-order valence-electron chi connectivity index (χ2n) is 5.55. The lowest BCUT2D eigenvalue weighted by atomic mass is 9.83. The summed E-state index contributed by atoms with van der Waals surface area (Å²) in [4.78, 5) is 12.3. The number of hydrogen-bond acceptors (Lipinski definition) is 3. The molecule has 5 nitrogen and oxygen atoms in total. The number of rotatable bonds is 2. The molecule has 18 heavy (non-hydrogen) atoms. The number of carbonyl (C=O) groups is 1. The fourth-order valence-corrected chi connectivity index (χ4v) is 2.73. The molecule has 0 aliphatic heterocycles. The van der Waals surface area contributed by atoms with Gasteiger partial charge in [-0.1, -0.05) is 19.3 Å². The molecule has 0 saturated heterocycles. The lowest BCUT2D eigenvalue weighted by Crippen LogP contribution is -2.47. The van der Waals surface area contributed by atoms with E-state index in [4.69, 9.17) is 5.73 Å². The first kappa shape index (κ1) is 12.9. The maximum Gasteiger partial charge on any atom is 0.272 e. The van der Waals surface area contributed by atoms with Crippen LogP contribution in [0.5, 0.6) is 0 Å². The Morgan fingerprint density at radius 3 is 2.50 bits per heavy atom. The number of hydrogen-bond donors (Lipinski definition) is 2. The van der Waals surface area contributed by atoms with Gasteiger partial charge in [-0.2, -0.15) is 5.10 Å². The SMILES string of the molecule is Cc1nn(C)c(C(=O)NC2(C)CCCCC2)c1N. The summed E-state index contributed by atoms with van der Waals surface area (Å²) in [7, 11) is 1.75. The van der Waals surface area contributed by atoms with E-state index in [1.807, 2.05) is 6.92 Å². The normalized spacial score (nSPS) is 18.6. The Hall–Kier alpha value is -1.52. The Morgan fingerprint density at radius 2 is 2.00 bits per heavy atom. The highest BCUT2D eigenvalue weighted by atomic mass is 16.2. The molecule has 0 bridgehead atoms. The summed E-state index contributed by atoms with van der Waals surface area (Å²) < 4.78 is 1.56. The van der Waals surface area contributed by atoms with E-state index >= 15 is 0 Å². The van der Waals surface area contributed by atoms with Gasteiger partial charge in [0.15, 0.2) is 0 Å². The molecule has 100 valence electrons. The van der Waals surface area contributed by atoms with Gasteiger partial charge in [0.1, 0.15) is 5.69 Å². The first-order chi connectivity index (χ1) is 8.43. The molecular formula is C13H22N4O. The Morgan fingerprint density at radius 1 is 1.39 bits per heavy atom. The fourth-order valence-electron chi connectivity index (χ4n) is 2.73. The van der Waals surface area contributed by atoms with Crippen molar-refractivity contribution >= 4 is 11.6 Å². The van der Waals surface area contributed by atoms with Crippen molar-refractivity contribution in [1.29, 1.82) is 0 Å². The number of amides is 1. The highest BCUT2D eigenvalue weighted by Crippen LogP contribution is 2.28. The van der Waals surface area contributed by atoms with Gasteiger partial charge in [-0.05, 0) is 26.7 Å². The highest BCUT2D eigenvalue weighted by molar-refractivity contribution is 5.98. The van der Waals surface area contributed by atoms with Crippen molar-refractivity contribution in [3.8, 4) is 0 Å². The largest absolute Gasteiger partial charge is 0.395 e. The van der Waals surface area contributed by atoms with E-state index in [1.54, 1.807) is 11.7 Å². The molecule has 1 amide bonds. The monoisotopic (exact) mass is 250 g/mol. The molecule has 0 spiro atoms. The number of nitrogen functional groups attached to an aromatic ring is 1. The zero-order valence-corrected chi connectivity index (χ0v) is 11.4. The maximum atomic E-state index is 12.3. The summed E-state index contributed by atoms with van der Waals surface area (Å²) in [6, 6.07) is 0. The Labute approximate surface area is 108 Å². The van der Waals surface area contributed by atoms with E-state index in [1.165, 1.54) is 19.3 Å². The van der Waals surface area contributed by atoms with Crippen molar-refractivity contribution in [1.82, 2.24) is 15.1 Å². The molecule has 1 aromatic rings. The van der Waals surface area contributed by atoms with Crippen molar-refractivity contribution in [2.45, 2.75) is 51.5 Å². The molecule has 0 atom stereocenters. The Balaban J connectivity index is 2.16. The third-order valence-corrected chi connectivity index (χ3v) is 3.86. The van der Waals surface area contributed by atoms with Crippen LogP contribution >= 0.6 is 0 Å². The molecular weight excluding hydrogens is 228 g/mol. The standard InChI is InChI=1S/C13H22N4O/c1-9-10(14)11(17(3)16-9)12(18)15-13(2)7-5-4-6-8-13/h4-8,14H2,1-3H3,(H,15,18). The fraction of sp³-hybridized carbons (Fsp3) is 0.692. The van der Waals surface area contributed by atoms with Crippen molar-refractivity contribution in [2.75, 3.05) is 5.73 Å². The number of anilines is 1. The van der Waals surface area contributed by atoms with Gasteiger partial charge in [-0.15, -0.1) is 0 Å². The van der Waals surface area contributed by atoms with E-state index in [9.17, 15) is 4.79 Å². The quantitative estimate of drug-likeness (QED) is 0.840. The van der Waals surface area contributed by atoms with Crippen LogP contribution in [0.3, 0.4) is 0 Å². The van der Waals surface area contributed by atoms with E-state index in [-0.39, 0.29) is 11.4 Å². The summed E-state index contributed by atoms with van der Waals surface area (Å²) >= 11 is 0. The van der Waals surface area contributed by atoms with E-state index in [0.717, 1.165) is 12.8 Å². The van der Waals surface area contributed by atoms with Gasteiger partial charge in [0, 0.05) is 12.6 Å². The van der Waals surface area contributed by atoms with Crippen LogP contribution in [0.2, 0.25) is 0 Å². The minimum absolute atomic E-state index is 0.0973. The number of carbonyl (C=O) groups excluding carboxylic acids is 1. The van der Waals surface area contributed by atoms with Crippen molar-refractivity contribution in [3.63, 3.8) is 0 Å². The van der Waals surface area contributed by atoms with Crippen LogP contribution in [0.15, 0.2) is 0 Å². The zero-order chi connectivity index (χ0) is 13.3. The van der Waals surface area contributed by atoms with Crippen LogP contribution in [0.25, 0.3) is 0 Å². The third kappa shape index (κ3) is 2.35. The van der Waals surface area contributed by atoms with Gasteiger partial charge in [-0.25, -0.2) is 0 Å². The number of nitrogens with zero attached hydrogens (tertiary/aromatic N) is 2. The minimum atomic E-state index is -0.111. The number of nitrogens with one attached hydrogen (secondary N) is 1. The third-order valence-electron chi connectivity index (χ3n) is 3.86. The van der Waals surface area contributed by atoms with Gasteiger partial charge >= 0.3 is 0 Å². The van der Waals surface area contributed by atoms with Gasteiger partial charge in [-0.3, -0.25) is 9.48 Å². The minimum Gasteiger partial charge on any atom is -0.395 e. The topological polar surface area (TPSA) is 72.9 Å². The number of aryl methyl sites for hydroxylation is 2. The van der Waals surface area contributed by atoms with Crippen molar-refractivity contribution < 1.29 is 4.79 Å². The first-order valence-electron chi connectivity index (χ1n) is 6.54. The molecule has 1 saturated carbocycles. The van der Waals surface area contributed by atoms with Gasteiger partial charge < -0.3 is 11.1 Å². The van der Waals surface area contributed by atoms with Gasteiger partial charge in [0.05, 0.1) is 11.4 Å². The second kappa shape index (κ2) is 4.63. The predicted octanol–water partition coefficient (Wildman–Crippen LogP) is 1.76. The van der Waals surface area contributed by atoms with Crippen LogP contribution in [0.4, 0.5) is 5.69 Å². The maximum absolute atomic E-state index is 12.3. The molecule has 1 heterocycles. The molecule has 5 heteroatoms.